The van der Waals surface area contributed by atoms with Gasteiger partial charge in [-0.2, -0.15) is 0 Å². The number of furan rings is 1. The van der Waals surface area contributed by atoms with Gasteiger partial charge in [0, 0.05) is 29.2 Å². The maximum Gasteiger partial charge on any atom is 0.269 e. The molecule has 0 aliphatic rings. The van der Waals surface area contributed by atoms with Crippen LogP contribution in [0.2, 0.25) is 0 Å². The molecule has 0 unspecified atom stereocenters. The molecular weight excluding hydrogens is 342 g/mol. The maximum atomic E-state index is 11.9. The monoisotopic (exact) mass is 355 g/mol. The van der Waals surface area contributed by atoms with Gasteiger partial charge in [-0.15, -0.1) is 11.3 Å². The Kier molecular flexibility index (Phi) is 4.71. The number of amides is 1. The molecular formula is C17H13N3O4S. The number of aromatic nitrogens is 1. The third kappa shape index (κ3) is 4.18. The number of benzene rings is 1. The molecule has 0 aliphatic heterocycles. The van der Waals surface area contributed by atoms with Crippen LogP contribution >= 0.6 is 11.3 Å². The zero-order valence-electron chi connectivity index (χ0n) is 13.1. The fourth-order valence-electron chi connectivity index (χ4n) is 2.07. The summed E-state index contributed by atoms with van der Waals surface area (Å²) in [5.74, 6) is 1.05. The Bertz CT molecular complexity index is 941. The third-order valence-corrected chi connectivity index (χ3v) is 4.03. The summed E-state index contributed by atoms with van der Waals surface area (Å²) in [6, 6.07) is 9.67. The highest BCUT2D eigenvalue weighted by molar-refractivity contribution is 7.14. The van der Waals surface area contributed by atoms with Crippen molar-refractivity contribution in [2.24, 2.45) is 0 Å². The van der Waals surface area contributed by atoms with Gasteiger partial charge < -0.3 is 4.42 Å². The Morgan fingerprint density at radius 1 is 1.28 bits per heavy atom. The van der Waals surface area contributed by atoms with Crippen molar-refractivity contribution < 1.29 is 14.1 Å². The normalized spacial score (nSPS) is 10.9. The van der Waals surface area contributed by atoms with Crippen molar-refractivity contribution in [2.45, 2.75) is 6.92 Å². The number of hydrogen-bond acceptors (Lipinski definition) is 6. The Hall–Kier alpha value is -3.26. The highest BCUT2D eigenvalue weighted by Crippen LogP contribution is 2.26. The second-order valence-electron chi connectivity index (χ2n) is 5.11. The number of nitro benzene ring substituents is 1. The predicted octanol–water partition coefficient (Wildman–Crippen LogP) is 4.27. The van der Waals surface area contributed by atoms with Crippen molar-refractivity contribution in [3.8, 4) is 11.3 Å². The topological polar surface area (TPSA) is 98.3 Å². The van der Waals surface area contributed by atoms with Gasteiger partial charge in [-0.25, -0.2) is 4.98 Å². The summed E-state index contributed by atoms with van der Waals surface area (Å²) in [4.78, 5) is 26.4. The average molecular weight is 355 g/mol. The van der Waals surface area contributed by atoms with Crippen LogP contribution in [0.15, 0.2) is 52.3 Å². The van der Waals surface area contributed by atoms with Gasteiger partial charge in [0.25, 0.3) is 5.69 Å². The molecule has 0 aliphatic carbocycles. The molecule has 1 aromatic carbocycles. The molecule has 0 bridgehead atoms. The lowest BCUT2D eigenvalue weighted by Gasteiger charge is -1.97. The average Bonchev–Trinajstić information content (AvgIpc) is 3.22. The number of thiazole rings is 1. The zero-order valence-corrected chi connectivity index (χ0v) is 13.9. The predicted molar refractivity (Wildman–Crippen MR) is 95.3 cm³/mol. The smallest absolute Gasteiger partial charge is 0.269 e. The summed E-state index contributed by atoms with van der Waals surface area (Å²) in [7, 11) is 0. The number of nitro groups is 1. The number of nitrogens with zero attached hydrogens (tertiary/aromatic N) is 2. The molecule has 3 aromatic rings. The zero-order chi connectivity index (χ0) is 17.8. The second kappa shape index (κ2) is 7.10. The van der Waals surface area contributed by atoms with Crippen LogP contribution in [0, 0.1) is 17.0 Å². The first-order chi connectivity index (χ1) is 12.0. The molecule has 1 N–H and O–H groups in total. The fourth-order valence-corrected chi connectivity index (χ4v) is 2.79. The lowest BCUT2D eigenvalue weighted by molar-refractivity contribution is -0.384. The number of anilines is 1. The highest BCUT2D eigenvalue weighted by Gasteiger charge is 2.09. The summed E-state index contributed by atoms with van der Waals surface area (Å²) in [5.41, 5.74) is 1.40. The Balaban J connectivity index is 1.65. The van der Waals surface area contributed by atoms with Crippen LogP contribution in [0.5, 0.6) is 0 Å². The first kappa shape index (κ1) is 16.6. The minimum absolute atomic E-state index is 0.0193. The van der Waals surface area contributed by atoms with Gasteiger partial charge in [0.1, 0.15) is 11.5 Å². The lowest BCUT2D eigenvalue weighted by atomic mass is 10.1. The summed E-state index contributed by atoms with van der Waals surface area (Å²) >= 11 is 1.27. The molecule has 0 radical (unpaired) electrons. The van der Waals surface area contributed by atoms with Crippen molar-refractivity contribution in [1.29, 1.82) is 0 Å². The van der Waals surface area contributed by atoms with Crippen LogP contribution in [0.4, 0.5) is 10.8 Å². The number of aryl methyl sites for hydroxylation is 1. The molecule has 126 valence electrons. The largest absolute Gasteiger partial charge is 0.462 e. The lowest BCUT2D eigenvalue weighted by Crippen LogP contribution is -2.07. The minimum Gasteiger partial charge on any atom is -0.462 e. The fraction of sp³-hybridized carbons (Fsp3) is 0.0588. The van der Waals surface area contributed by atoms with Gasteiger partial charge >= 0.3 is 0 Å². The minimum atomic E-state index is -0.455. The number of nitrogens with one attached hydrogen (secondary N) is 1. The van der Waals surface area contributed by atoms with Crippen molar-refractivity contribution >= 4 is 34.1 Å². The molecule has 1 amide bonds. The Morgan fingerprint density at radius 3 is 2.68 bits per heavy atom. The molecule has 2 heterocycles. The highest BCUT2D eigenvalue weighted by atomic mass is 32.1. The van der Waals surface area contributed by atoms with Crippen molar-refractivity contribution in [2.75, 3.05) is 5.32 Å². The van der Waals surface area contributed by atoms with Crippen LogP contribution < -0.4 is 5.32 Å². The molecule has 0 fully saturated rings. The van der Waals surface area contributed by atoms with Crippen molar-refractivity contribution in [3.05, 3.63) is 69.5 Å². The molecule has 3 rings (SSSR count). The van der Waals surface area contributed by atoms with Gasteiger partial charge in [-0.1, -0.05) is 0 Å². The van der Waals surface area contributed by atoms with Gasteiger partial charge in [0.05, 0.1) is 10.6 Å². The Labute approximate surface area is 146 Å². The van der Waals surface area contributed by atoms with Crippen molar-refractivity contribution in [1.82, 2.24) is 4.98 Å². The van der Waals surface area contributed by atoms with E-state index < -0.39 is 4.92 Å². The summed E-state index contributed by atoms with van der Waals surface area (Å²) in [6.07, 6.45) is 2.94. The molecule has 0 saturated heterocycles. The standard InChI is InChI=1S/C17H13N3O4S/c1-11-2-7-14(24-11)8-9-16(21)19-17-18-15(10-25-17)12-3-5-13(6-4-12)20(22)23/h2-10H,1H3,(H,18,19,21)/b9-8+. The van der Waals surface area contributed by atoms with E-state index in [-0.39, 0.29) is 11.6 Å². The van der Waals surface area contributed by atoms with Gasteiger partial charge in [-0.05, 0) is 37.3 Å². The van der Waals surface area contributed by atoms with Gasteiger partial charge in [0.2, 0.25) is 5.91 Å². The van der Waals surface area contributed by atoms with E-state index in [9.17, 15) is 14.9 Å². The third-order valence-electron chi connectivity index (χ3n) is 3.27. The van der Waals surface area contributed by atoms with E-state index in [4.69, 9.17) is 4.42 Å². The number of rotatable bonds is 5. The van der Waals surface area contributed by atoms with Crippen LogP contribution in [-0.4, -0.2) is 15.8 Å². The van der Waals surface area contributed by atoms with Crippen LogP contribution in [0.25, 0.3) is 17.3 Å². The second-order valence-corrected chi connectivity index (χ2v) is 5.97. The molecule has 8 heteroatoms. The number of carbonyl (C=O) groups excluding carboxylic acids is 1. The maximum absolute atomic E-state index is 11.9. The number of carbonyl (C=O) groups is 1. The van der Waals surface area contributed by atoms with E-state index in [2.05, 4.69) is 10.3 Å². The van der Waals surface area contributed by atoms with Gasteiger partial charge in [0.15, 0.2) is 5.13 Å². The number of hydrogen-bond donors (Lipinski definition) is 1. The van der Waals surface area contributed by atoms with Crippen LogP contribution in [0.1, 0.15) is 11.5 Å². The molecule has 0 saturated carbocycles. The summed E-state index contributed by atoms with van der Waals surface area (Å²) in [5, 5.41) is 15.6. The molecule has 7 nitrogen and oxygen atoms in total. The van der Waals surface area contributed by atoms with E-state index in [0.29, 0.717) is 16.6 Å². The van der Waals surface area contributed by atoms with Crippen molar-refractivity contribution in [3.63, 3.8) is 0 Å². The van der Waals surface area contributed by atoms with Crippen LogP contribution in [-0.2, 0) is 4.79 Å². The van der Waals surface area contributed by atoms with E-state index in [1.54, 1.807) is 29.7 Å². The molecule has 2 aromatic heterocycles. The van der Waals surface area contributed by atoms with E-state index in [1.165, 1.54) is 29.5 Å². The van der Waals surface area contributed by atoms with E-state index in [0.717, 1.165) is 11.3 Å². The SMILES string of the molecule is Cc1ccc(/C=C/C(=O)Nc2nc(-c3ccc([N+](=O)[O-])cc3)cs2)o1. The quantitative estimate of drug-likeness (QED) is 0.418. The van der Waals surface area contributed by atoms with Gasteiger partial charge in [-0.3, -0.25) is 20.2 Å². The van der Waals surface area contributed by atoms with E-state index in [1.807, 2.05) is 13.0 Å². The first-order valence-electron chi connectivity index (χ1n) is 7.27. The first-order valence-corrected chi connectivity index (χ1v) is 8.15. The van der Waals surface area contributed by atoms with E-state index >= 15 is 0 Å². The number of non-ortho nitro benzene ring substituents is 1. The molecule has 0 spiro atoms. The summed E-state index contributed by atoms with van der Waals surface area (Å²) < 4.78 is 5.34. The summed E-state index contributed by atoms with van der Waals surface area (Å²) in [6.45, 7) is 1.83. The van der Waals surface area contributed by atoms with Crippen LogP contribution in [0.3, 0.4) is 0 Å². The molecule has 0 atom stereocenters. The molecule has 25 heavy (non-hydrogen) atoms. The Morgan fingerprint density at radius 2 is 2.04 bits per heavy atom.